The van der Waals surface area contributed by atoms with E-state index in [1.54, 1.807) is 36.4 Å². The molecule has 7 heteroatoms. The molecule has 4 nitrogen and oxygen atoms in total. The number of anilines is 1. The van der Waals surface area contributed by atoms with Crippen molar-refractivity contribution in [3.05, 3.63) is 93.5 Å². The number of rotatable bonds is 5. The predicted octanol–water partition coefficient (Wildman–Crippen LogP) is 5.90. The summed E-state index contributed by atoms with van der Waals surface area (Å²) in [6.07, 6.45) is 0.797. The Kier molecular flexibility index (Phi) is 6.32. The first-order valence-corrected chi connectivity index (χ1v) is 11.1. The van der Waals surface area contributed by atoms with Gasteiger partial charge in [0.25, 0.3) is 15.9 Å². The molecule has 0 aliphatic rings. The summed E-state index contributed by atoms with van der Waals surface area (Å²) in [5.74, 6) is -0.714. The summed E-state index contributed by atoms with van der Waals surface area (Å²) < 4.78 is 27.6. The number of nitrogens with zero attached hydrogens (tertiary/aromatic N) is 1. The zero-order valence-corrected chi connectivity index (χ0v) is 18.2. The Labute approximate surface area is 180 Å². The second kappa shape index (κ2) is 8.57. The largest absolute Gasteiger partial charge is 0.272 e. The van der Waals surface area contributed by atoms with Gasteiger partial charge in [0.1, 0.15) is 0 Å². The Hall–Kier alpha value is -2.34. The molecule has 3 rings (SSSR count). The molecule has 0 bridgehead atoms. The van der Waals surface area contributed by atoms with E-state index in [2.05, 4.69) is 0 Å². The third kappa shape index (κ3) is 4.47. The Balaban J connectivity index is 2.16. The minimum absolute atomic E-state index is 0.0241. The van der Waals surface area contributed by atoms with Gasteiger partial charge in [-0.25, -0.2) is 8.42 Å². The lowest BCUT2D eigenvalue weighted by molar-refractivity contribution is 0.101. The monoisotopic (exact) mass is 447 g/mol. The molecule has 29 heavy (non-hydrogen) atoms. The highest BCUT2D eigenvalue weighted by Crippen LogP contribution is 2.29. The van der Waals surface area contributed by atoms with Crippen molar-refractivity contribution in [3.8, 4) is 0 Å². The van der Waals surface area contributed by atoms with Gasteiger partial charge in [-0.15, -0.1) is 0 Å². The van der Waals surface area contributed by atoms with Crippen LogP contribution in [0.4, 0.5) is 5.69 Å². The van der Waals surface area contributed by atoms with E-state index < -0.39 is 15.9 Å². The van der Waals surface area contributed by atoms with E-state index in [1.165, 1.54) is 30.3 Å². The van der Waals surface area contributed by atoms with Crippen LogP contribution in [0.2, 0.25) is 10.0 Å². The van der Waals surface area contributed by atoms with Gasteiger partial charge in [-0.2, -0.15) is 4.31 Å². The Morgan fingerprint density at radius 1 is 0.897 bits per heavy atom. The average Bonchev–Trinajstić information content (AvgIpc) is 2.71. The standard InChI is InChI=1S/C22H19Cl2NO3S/c1-3-16-6-9-18(10-7-16)25(22(26)17-8-13-20(23)21(24)14-17)29(27,28)19-11-4-15(2)5-12-19/h4-14H,3H2,1-2H3. The van der Waals surface area contributed by atoms with Gasteiger partial charge in [-0.3, -0.25) is 4.79 Å². The molecule has 3 aromatic carbocycles. The molecular formula is C22H19Cl2NO3S. The minimum atomic E-state index is -4.15. The van der Waals surface area contributed by atoms with Crippen LogP contribution in [0, 0.1) is 6.92 Å². The van der Waals surface area contributed by atoms with Gasteiger partial charge in [-0.1, -0.05) is 60.0 Å². The summed E-state index contributed by atoms with van der Waals surface area (Å²) in [6, 6.07) is 17.5. The molecule has 0 aromatic heterocycles. The number of carbonyl (C=O) groups excluding carboxylic acids is 1. The van der Waals surface area contributed by atoms with Crippen molar-refractivity contribution in [2.75, 3.05) is 4.31 Å². The van der Waals surface area contributed by atoms with Gasteiger partial charge in [0.15, 0.2) is 0 Å². The van der Waals surface area contributed by atoms with E-state index >= 15 is 0 Å². The van der Waals surface area contributed by atoms with Crippen molar-refractivity contribution >= 4 is 44.8 Å². The van der Waals surface area contributed by atoms with Crippen molar-refractivity contribution < 1.29 is 13.2 Å². The lowest BCUT2D eigenvalue weighted by Gasteiger charge is -2.23. The van der Waals surface area contributed by atoms with Crippen LogP contribution in [0.15, 0.2) is 71.6 Å². The summed E-state index contributed by atoms with van der Waals surface area (Å²) in [7, 11) is -4.15. The van der Waals surface area contributed by atoms with E-state index in [-0.39, 0.29) is 26.2 Å². The van der Waals surface area contributed by atoms with Crippen LogP contribution >= 0.6 is 23.2 Å². The molecule has 0 aliphatic heterocycles. The zero-order chi connectivity index (χ0) is 21.2. The number of carbonyl (C=O) groups is 1. The lowest BCUT2D eigenvalue weighted by Crippen LogP contribution is -2.37. The number of benzene rings is 3. The van der Waals surface area contributed by atoms with E-state index in [1.807, 2.05) is 13.8 Å². The minimum Gasteiger partial charge on any atom is -0.268 e. The SMILES string of the molecule is CCc1ccc(N(C(=O)c2ccc(Cl)c(Cl)c2)S(=O)(=O)c2ccc(C)cc2)cc1. The number of sulfonamides is 1. The van der Waals surface area contributed by atoms with Gasteiger partial charge in [-0.05, 0) is 61.4 Å². The Bertz CT molecular complexity index is 1140. The number of amides is 1. The summed E-state index contributed by atoms with van der Waals surface area (Å²) in [4.78, 5) is 13.3. The highest BCUT2D eigenvalue weighted by atomic mass is 35.5. The highest BCUT2D eigenvalue weighted by Gasteiger charge is 2.32. The van der Waals surface area contributed by atoms with Crippen LogP contribution in [0.25, 0.3) is 0 Å². The van der Waals surface area contributed by atoms with Crippen LogP contribution in [-0.2, 0) is 16.4 Å². The van der Waals surface area contributed by atoms with E-state index in [9.17, 15) is 13.2 Å². The molecule has 0 fully saturated rings. The quantitative estimate of drug-likeness (QED) is 0.488. The number of hydrogen-bond donors (Lipinski definition) is 0. The average molecular weight is 448 g/mol. The maximum atomic E-state index is 13.4. The van der Waals surface area contributed by atoms with Gasteiger partial charge < -0.3 is 0 Å². The van der Waals surface area contributed by atoms with Crippen molar-refractivity contribution in [3.63, 3.8) is 0 Å². The first-order valence-electron chi connectivity index (χ1n) is 8.94. The fraction of sp³-hybridized carbons (Fsp3) is 0.136. The molecule has 0 heterocycles. The van der Waals surface area contributed by atoms with Crippen molar-refractivity contribution in [2.45, 2.75) is 25.2 Å². The van der Waals surface area contributed by atoms with Gasteiger partial charge in [0, 0.05) is 5.56 Å². The van der Waals surface area contributed by atoms with Crippen molar-refractivity contribution in [1.82, 2.24) is 0 Å². The lowest BCUT2D eigenvalue weighted by atomic mass is 10.1. The molecule has 0 N–H and O–H groups in total. The molecule has 0 atom stereocenters. The normalized spacial score (nSPS) is 11.3. The zero-order valence-electron chi connectivity index (χ0n) is 15.9. The molecule has 0 saturated carbocycles. The molecule has 3 aromatic rings. The topological polar surface area (TPSA) is 54.5 Å². The fourth-order valence-corrected chi connectivity index (χ4v) is 4.51. The first kappa shape index (κ1) is 21.4. The first-order chi connectivity index (χ1) is 13.7. The van der Waals surface area contributed by atoms with Crippen molar-refractivity contribution in [1.29, 1.82) is 0 Å². The second-order valence-electron chi connectivity index (χ2n) is 6.54. The molecule has 0 radical (unpaired) electrons. The number of aryl methyl sites for hydroxylation is 2. The Morgan fingerprint density at radius 2 is 1.52 bits per heavy atom. The second-order valence-corrected chi connectivity index (χ2v) is 9.14. The molecule has 0 spiro atoms. The Morgan fingerprint density at radius 3 is 2.07 bits per heavy atom. The van der Waals surface area contributed by atoms with Gasteiger partial charge >= 0.3 is 0 Å². The third-order valence-corrected chi connectivity index (χ3v) is 6.95. The summed E-state index contributed by atoms with van der Waals surface area (Å²) in [5.41, 5.74) is 2.32. The number of hydrogen-bond acceptors (Lipinski definition) is 3. The van der Waals surface area contributed by atoms with E-state index in [0.717, 1.165) is 21.9 Å². The maximum Gasteiger partial charge on any atom is 0.272 e. The van der Waals surface area contributed by atoms with Crippen LogP contribution in [-0.4, -0.2) is 14.3 Å². The molecule has 0 aliphatic carbocycles. The molecule has 0 unspecified atom stereocenters. The summed E-state index contributed by atoms with van der Waals surface area (Å²) in [5, 5.41) is 0.454. The van der Waals surface area contributed by atoms with Gasteiger partial charge in [0.2, 0.25) is 0 Å². The van der Waals surface area contributed by atoms with E-state index in [4.69, 9.17) is 23.2 Å². The molecule has 150 valence electrons. The predicted molar refractivity (Wildman–Crippen MR) is 117 cm³/mol. The number of halogens is 2. The smallest absolute Gasteiger partial charge is 0.268 e. The highest BCUT2D eigenvalue weighted by molar-refractivity contribution is 7.93. The maximum absolute atomic E-state index is 13.4. The molecule has 1 amide bonds. The van der Waals surface area contributed by atoms with Crippen LogP contribution < -0.4 is 4.31 Å². The van der Waals surface area contributed by atoms with Crippen LogP contribution in [0.1, 0.15) is 28.4 Å². The summed E-state index contributed by atoms with van der Waals surface area (Å²) in [6.45, 7) is 3.86. The molecular weight excluding hydrogens is 429 g/mol. The van der Waals surface area contributed by atoms with Crippen molar-refractivity contribution in [2.24, 2.45) is 0 Å². The van der Waals surface area contributed by atoms with E-state index in [0.29, 0.717) is 0 Å². The third-order valence-electron chi connectivity index (χ3n) is 4.49. The van der Waals surface area contributed by atoms with Crippen LogP contribution in [0.5, 0.6) is 0 Å². The fourth-order valence-electron chi connectivity index (χ4n) is 2.79. The summed E-state index contributed by atoms with van der Waals surface area (Å²) >= 11 is 12.0. The molecule has 0 saturated heterocycles. The van der Waals surface area contributed by atoms with Gasteiger partial charge in [0.05, 0.1) is 20.6 Å². The van der Waals surface area contributed by atoms with Crippen LogP contribution in [0.3, 0.4) is 0 Å².